The SMILES string of the molecule is COc1cc(OC)c(OC)cc1CC(CN)c1nc(C)cs1. The van der Waals surface area contributed by atoms with Crippen molar-refractivity contribution in [1.29, 1.82) is 0 Å². The van der Waals surface area contributed by atoms with Crippen LogP contribution in [0.25, 0.3) is 0 Å². The Labute approximate surface area is 135 Å². The third kappa shape index (κ3) is 3.51. The lowest BCUT2D eigenvalue weighted by atomic mass is 9.98. The fourth-order valence-electron chi connectivity index (χ4n) is 2.35. The van der Waals surface area contributed by atoms with Crippen LogP contribution < -0.4 is 19.9 Å². The predicted octanol–water partition coefficient (Wildman–Crippen LogP) is 2.76. The van der Waals surface area contributed by atoms with E-state index in [0.29, 0.717) is 18.0 Å². The average Bonchev–Trinajstić information content (AvgIpc) is 2.97. The highest BCUT2D eigenvalue weighted by molar-refractivity contribution is 7.09. The largest absolute Gasteiger partial charge is 0.496 e. The van der Waals surface area contributed by atoms with E-state index in [4.69, 9.17) is 19.9 Å². The molecule has 0 saturated heterocycles. The average molecular weight is 322 g/mol. The number of nitrogens with two attached hydrogens (primary N) is 1. The van der Waals surface area contributed by atoms with Gasteiger partial charge in [-0.25, -0.2) is 4.98 Å². The first kappa shape index (κ1) is 16.6. The number of ether oxygens (including phenoxy) is 3. The first-order chi connectivity index (χ1) is 10.6. The second-order valence-corrected chi connectivity index (χ2v) is 5.87. The molecule has 0 radical (unpaired) electrons. The zero-order chi connectivity index (χ0) is 16.1. The minimum absolute atomic E-state index is 0.158. The van der Waals surface area contributed by atoms with E-state index in [1.165, 1.54) is 0 Å². The minimum atomic E-state index is 0.158. The zero-order valence-corrected chi connectivity index (χ0v) is 14.2. The quantitative estimate of drug-likeness (QED) is 0.849. The molecule has 0 bridgehead atoms. The van der Waals surface area contributed by atoms with E-state index in [0.717, 1.165) is 28.4 Å². The van der Waals surface area contributed by atoms with E-state index in [1.807, 2.05) is 24.4 Å². The van der Waals surface area contributed by atoms with E-state index in [2.05, 4.69) is 4.98 Å². The standard InChI is InChI=1S/C16H22N2O3S/c1-10-9-22-16(18-10)12(8-17)5-11-6-14(20-3)15(21-4)7-13(11)19-2/h6-7,9,12H,5,8,17H2,1-4H3. The number of thiazole rings is 1. The van der Waals surface area contributed by atoms with Crippen LogP contribution in [0.3, 0.4) is 0 Å². The molecule has 5 nitrogen and oxygen atoms in total. The molecule has 22 heavy (non-hydrogen) atoms. The molecule has 0 fully saturated rings. The summed E-state index contributed by atoms with van der Waals surface area (Å²) in [6, 6.07) is 3.79. The van der Waals surface area contributed by atoms with Crippen molar-refractivity contribution in [1.82, 2.24) is 4.98 Å². The molecule has 1 unspecified atom stereocenters. The molecule has 2 N–H and O–H groups in total. The summed E-state index contributed by atoms with van der Waals surface area (Å²) < 4.78 is 16.2. The molecule has 0 aliphatic heterocycles. The molecule has 0 aliphatic carbocycles. The Morgan fingerprint density at radius 3 is 2.23 bits per heavy atom. The van der Waals surface area contributed by atoms with Gasteiger partial charge in [-0.05, 0) is 25.0 Å². The lowest BCUT2D eigenvalue weighted by Gasteiger charge is -2.17. The smallest absolute Gasteiger partial charge is 0.164 e. The molecular weight excluding hydrogens is 300 g/mol. The molecule has 120 valence electrons. The second kappa shape index (κ2) is 7.47. The maximum atomic E-state index is 5.95. The molecule has 1 heterocycles. The molecular formula is C16H22N2O3S. The Bertz CT molecular complexity index is 628. The van der Waals surface area contributed by atoms with Gasteiger partial charge in [0.1, 0.15) is 5.75 Å². The van der Waals surface area contributed by atoms with Crippen LogP contribution in [0.4, 0.5) is 0 Å². The molecule has 1 atom stereocenters. The topological polar surface area (TPSA) is 66.6 Å². The van der Waals surface area contributed by atoms with E-state index in [9.17, 15) is 0 Å². The summed E-state index contributed by atoms with van der Waals surface area (Å²) in [4.78, 5) is 4.55. The first-order valence-corrected chi connectivity index (χ1v) is 7.91. The summed E-state index contributed by atoms with van der Waals surface area (Å²) in [6.45, 7) is 2.52. The first-order valence-electron chi connectivity index (χ1n) is 7.03. The molecule has 1 aromatic heterocycles. The van der Waals surface area contributed by atoms with Gasteiger partial charge < -0.3 is 19.9 Å². The highest BCUT2D eigenvalue weighted by atomic mass is 32.1. The van der Waals surface area contributed by atoms with Crippen LogP contribution in [-0.2, 0) is 6.42 Å². The van der Waals surface area contributed by atoms with Gasteiger partial charge in [-0.15, -0.1) is 11.3 Å². The van der Waals surface area contributed by atoms with Crippen molar-refractivity contribution in [2.45, 2.75) is 19.3 Å². The van der Waals surface area contributed by atoms with Gasteiger partial charge in [0, 0.05) is 29.6 Å². The summed E-state index contributed by atoms with van der Waals surface area (Å²) in [5.74, 6) is 2.26. The third-order valence-electron chi connectivity index (χ3n) is 3.52. The van der Waals surface area contributed by atoms with Crippen LogP contribution in [0.15, 0.2) is 17.5 Å². The molecule has 0 aliphatic rings. The Hall–Kier alpha value is -1.79. The van der Waals surface area contributed by atoms with Gasteiger partial charge >= 0.3 is 0 Å². The number of hydrogen-bond acceptors (Lipinski definition) is 6. The van der Waals surface area contributed by atoms with Gasteiger partial charge in [-0.1, -0.05) is 0 Å². The fraction of sp³-hybridized carbons (Fsp3) is 0.438. The Balaban J connectivity index is 2.34. The zero-order valence-electron chi connectivity index (χ0n) is 13.4. The maximum Gasteiger partial charge on any atom is 0.164 e. The van der Waals surface area contributed by atoms with Crippen LogP contribution in [0.1, 0.15) is 22.2 Å². The monoisotopic (exact) mass is 322 g/mol. The number of methoxy groups -OCH3 is 3. The number of benzene rings is 1. The van der Waals surface area contributed by atoms with Gasteiger partial charge in [0.05, 0.1) is 26.3 Å². The predicted molar refractivity (Wildman–Crippen MR) is 88.4 cm³/mol. The molecule has 2 rings (SSSR count). The molecule has 0 saturated carbocycles. The van der Waals surface area contributed by atoms with E-state index < -0.39 is 0 Å². The van der Waals surface area contributed by atoms with Crippen molar-refractivity contribution in [3.8, 4) is 17.2 Å². The Morgan fingerprint density at radius 2 is 1.73 bits per heavy atom. The molecule has 6 heteroatoms. The van der Waals surface area contributed by atoms with Crippen molar-refractivity contribution in [3.63, 3.8) is 0 Å². The van der Waals surface area contributed by atoms with Crippen LogP contribution in [-0.4, -0.2) is 32.9 Å². The molecule has 0 amide bonds. The van der Waals surface area contributed by atoms with E-state index >= 15 is 0 Å². The van der Waals surface area contributed by atoms with Gasteiger partial charge in [0.25, 0.3) is 0 Å². The Kier molecular flexibility index (Phi) is 5.63. The molecule has 2 aromatic rings. The van der Waals surface area contributed by atoms with Gasteiger partial charge in [0.2, 0.25) is 0 Å². The second-order valence-electron chi connectivity index (χ2n) is 4.98. The normalized spacial score (nSPS) is 12.0. The highest BCUT2D eigenvalue weighted by Crippen LogP contribution is 2.37. The van der Waals surface area contributed by atoms with Crippen LogP contribution in [0, 0.1) is 6.92 Å². The minimum Gasteiger partial charge on any atom is -0.496 e. The van der Waals surface area contributed by atoms with E-state index in [-0.39, 0.29) is 5.92 Å². The van der Waals surface area contributed by atoms with Crippen molar-refractivity contribution in [2.75, 3.05) is 27.9 Å². The van der Waals surface area contributed by atoms with Gasteiger partial charge in [-0.2, -0.15) is 0 Å². The van der Waals surface area contributed by atoms with E-state index in [1.54, 1.807) is 32.7 Å². The van der Waals surface area contributed by atoms with Crippen LogP contribution in [0.5, 0.6) is 17.2 Å². The van der Waals surface area contributed by atoms with Crippen molar-refractivity contribution < 1.29 is 14.2 Å². The lowest BCUT2D eigenvalue weighted by Crippen LogP contribution is -2.15. The number of aromatic nitrogens is 1. The van der Waals surface area contributed by atoms with Crippen LogP contribution >= 0.6 is 11.3 Å². The van der Waals surface area contributed by atoms with Crippen molar-refractivity contribution >= 4 is 11.3 Å². The number of rotatable bonds is 7. The summed E-state index contributed by atoms with van der Waals surface area (Å²) >= 11 is 1.64. The number of nitrogens with zero attached hydrogens (tertiary/aromatic N) is 1. The Morgan fingerprint density at radius 1 is 1.09 bits per heavy atom. The van der Waals surface area contributed by atoms with Crippen LogP contribution in [0.2, 0.25) is 0 Å². The van der Waals surface area contributed by atoms with Crippen molar-refractivity contribution in [3.05, 3.63) is 33.8 Å². The fourth-order valence-corrected chi connectivity index (χ4v) is 3.26. The summed E-state index contributed by atoms with van der Waals surface area (Å²) in [5, 5.41) is 3.10. The lowest BCUT2D eigenvalue weighted by molar-refractivity contribution is 0.347. The van der Waals surface area contributed by atoms with Gasteiger partial charge in [0.15, 0.2) is 11.5 Å². The highest BCUT2D eigenvalue weighted by Gasteiger charge is 2.19. The summed E-state index contributed by atoms with van der Waals surface area (Å²) in [6.07, 6.45) is 0.743. The number of aryl methyl sites for hydroxylation is 1. The number of hydrogen-bond donors (Lipinski definition) is 1. The van der Waals surface area contributed by atoms with Crippen molar-refractivity contribution in [2.24, 2.45) is 5.73 Å². The summed E-state index contributed by atoms with van der Waals surface area (Å²) in [5.41, 5.74) is 8.01. The van der Waals surface area contributed by atoms with Gasteiger partial charge in [-0.3, -0.25) is 0 Å². The maximum absolute atomic E-state index is 5.95. The molecule has 1 aromatic carbocycles. The molecule has 0 spiro atoms. The summed E-state index contributed by atoms with van der Waals surface area (Å²) in [7, 11) is 4.88. The third-order valence-corrected chi connectivity index (χ3v) is 4.65.